The van der Waals surface area contributed by atoms with E-state index >= 15 is 0 Å². The van der Waals surface area contributed by atoms with Gasteiger partial charge in [0.05, 0.1) is 31.1 Å². The molecule has 0 aliphatic carbocycles. The van der Waals surface area contributed by atoms with Crippen LogP contribution >= 0.6 is 0 Å². The van der Waals surface area contributed by atoms with Gasteiger partial charge >= 0.3 is 6.03 Å². The van der Waals surface area contributed by atoms with Crippen LogP contribution in [0.25, 0.3) is 0 Å². The number of carbonyl (C=O) groups is 3. The molecule has 2 aromatic carbocycles. The van der Waals surface area contributed by atoms with E-state index in [1.165, 1.54) is 11.8 Å². The number of Topliss-reactive ketones (excluding diaryl/α,β-unsaturated/α-hetero) is 1. The molecule has 2 aromatic rings. The first-order valence-electron chi connectivity index (χ1n) is 12.7. The molecule has 0 saturated carbocycles. The summed E-state index contributed by atoms with van der Waals surface area (Å²) in [6.07, 6.45) is -0.324. The van der Waals surface area contributed by atoms with Crippen molar-refractivity contribution in [1.82, 2.24) is 9.80 Å². The Morgan fingerprint density at radius 3 is 2.47 bits per heavy atom. The number of nitrogens with one attached hydrogen (secondary N) is 2. The van der Waals surface area contributed by atoms with E-state index in [0.29, 0.717) is 34.7 Å². The van der Waals surface area contributed by atoms with Crippen LogP contribution in [0.5, 0.6) is 0 Å². The fourth-order valence-electron chi connectivity index (χ4n) is 4.63. The van der Waals surface area contributed by atoms with Crippen molar-refractivity contribution >= 4 is 34.8 Å². The second-order valence-corrected chi connectivity index (χ2v) is 9.29. The van der Waals surface area contributed by atoms with Crippen LogP contribution in [-0.4, -0.2) is 98.6 Å². The molecule has 1 saturated heterocycles. The van der Waals surface area contributed by atoms with Crippen LogP contribution < -0.4 is 15.5 Å². The SMILES string of the molecule is COCCN1C(=O)c2cc(NC(=O)Nc3cccc(C(C)=O)c3)ccc2N(CCCN2CCOCC2)C1O. The molecule has 0 bridgehead atoms. The van der Waals surface area contributed by atoms with Crippen molar-refractivity contribution < 1.29 is 29.0 Å². The lowest BCUT2D eigenvalue weighted by Crippen LogP contribution is -2.56. The number of rotatable bonds is 10. The van der Waals surface area contributed by atoms with Gasteiger partial charge < -0.3 is 30.1 Å². The first-order chi connectivity index (χ1) is 18.4. The van der Waals surface area contributed by atoms with E-state index in [9.17, 15) is 19.5 Å². The Morgan fingerprint density at radius 1 is 1.03 bits per heavy atom. The first-order valence-corrected chi connectivity index (χ1v) is 12.7. The number of aliphatic hydroxyl groups excluding tert-OH is 1. The smallest absolute Gasteiger partial charge is 0.323 e. The Hall–Kier alpha value is -3.51. The van der Waals surface area contributed by atoms with Gasteiger partial charge in [0.15, 0.2) is 5.78 Å². The molecule has 0 radical (unpaired) electrons. The Balaban J connectivity index is 1.49. The number of carbonyl (C=O) groups excluding carboxylic acids is 3. The molecule has 11 nitrogen and oxygen atoms in total. The molecule has 2 heterocycles. The molecule has 3 N–H and O–H groups in total. The molecule has 11 heteroatoms. The number of ether oxygens (including phenoxy) is 2. The molecule has 0 spiro atoms. The van der Waals surface area contributed by atoms with Gasteiger partial charge in [-0.15, -0.1) is 0 Å². The van der Waals surface area contributed by atoms with Gasteiger partial charge in [-0.25, -0.2) is 4.79 Å². The standard InChI is InChI=1S/C27H35N5O6/c1-19(33)20-5-3-6-21(17-20)28-26(35)29-22-7-8-24-23(18-22)25(34)32(13-14-37-2)27(36)31(24)10-4-9-30-11-15-38-16-12-30/h3,5-8,17-18,27,36H,4,9-16H2,1-2H3,(H2,28,29,35). The molecule has 3 amide bonds. The number of fused-ring (bicyclic) bond motifs is 1. The summed E-state index contributed by atoms with van der Waals surface area (Å²) in [6, 6.07) is 11.2. The lowest BCUT2D eigenvalue weighted by Gasteiger charge is -2.43. The molecule has 2 aliphatic rings. The zero-order chi connectivity index (χ0) is 27.1. The van der Waals surface area contributed by atoms with Crippen LogP contribution in [0.3, 0.4) is 0 Å². The highest BCUT2D eigenvalue weighted by Crippen LogP contribution is 2.32. The number of morpholine rings is 1. The topological polar surface area (TPSA) is 124 Å². The summed E-state index contributed by atoms with van der Waals surface area (Å²) in [5.41, 5.74) is 2.39. The second kappa shape index (κ2) is 12.8. The van der Waals surface area contributed by atoms with Crippen LogP contribution in [0, 0.1) is 0 Å². The summed E-state index contributed by atoms with van der Waals surface area (Å²) in [5.74, 6) is -0.441. The first kappa shape index (κ1) is 27.5. The molecule has 1 fully saturated rings. The molecule has 204 valence electrons. The molecule has 0 aromatic heterocycles. The van der Waals surface area contributed by atoms with Gasteiger partial charge in [0.1, 0.15) is 0 Å². The van der Waals surface area contributed by atoms with Gasteiger partial charge in [-0.2, -0.15) is 0 Å². The highest BCUT2D eigenvalue weighted by atomic mass is 16.5. The fraction of sp³-hybridized carbons (Fsp3) is 0.444. The second-order valence-electron chi connectivity index (χ2n) is 9.29. The Labute approximate surface area is 222 Å². The quantitative estimate of drug-likeness (QED) is 0.404. The third kappa shape index (κ3) is 6.67. The summed E-state index contributed by atoms with van der Waals surface area (Å²) in [4.78, 5) is 43.1. The van der Waals surface area contributed by atoms with Crippen molar-refractivity contribution in [2.24, 2.45) is 0 Å². The summed E-state index contributed by atoms with van der Waals surface area (Å²) < 4.78 is 10.6. The Bertz CT molecular complexity index is 1150. The van der Waals surface area contributed by atoms with Gasteiger partial charge in [-0.3, -0.25) is 19.4 Å². The summed E-state index contributed by atoms with van der Waals surface area (Å²) in [6.45, 7) is 6.57. The molecule has 1 unspecified atom stereocenters. The lowest BCUT2D eigenvalue weighted by molar-refractivity contribution is -0.00834. The lowest BCUT2D eigenvalue weighted by atomic mass is 10.1. The van der Waals surface area contributed by atoms with E-state index in [4.69, 9.17) is 9.47 Å². The van der Waals surface area contributed by atoms with Crippen molar-refractivity contribution in [1.29, 1.82) is 0 Å². The number of anilines is 3. The van der Waals surface area contributed by atoms with E-state index in [1.807, 2.05) is 4.90 Å². The zero-order valence-corrected chi connectivity index (χ0v) is 21.8. The van der Waals surface area contributed by atoms with Crippen LogP contribution in [0.2, 0.25) is 0 Å². The number of hydrogen-bond acceptors (Lipinski definition) is 8. The van der Waals surface area contributed by atoms with Gasteiger partial charge in [0, 0.05) is 56.8 Å². The van der Waals surface area contributed by atoms with Crippen molar-refractivity contribution in [2.45, 2.75) is 19.7 Å². The zero-order valence-electron chi connectivity index (χ0n) is 21.8. The van der Waals surface area contributed by atoms with E-state index < -0.39 is 12.4 Å². The van der Waals surface area contributed by atoms with E-state index in [1.54, 1.807) is 49.6 Å². The third-order valence-corrected chi connectivity index (χ3v) is 6.65. The Kier molecular flexibility index (Phi) is 9.29. The highest BCUT2D eigenvalue weighted by Gasteiger charge is 2.36. The van der Waals surface area contributed by atoms with Crippen molar-refractivity contribution in [3.63, 3.8) is 0 Å². The van der Waals surface area contributed by atoms with Gasteiger partial charge in [0.25, 0.3) is 5.91 Å². The van der Waals surface area contributed by atoms with Gasteiger partial charge in [-0.1, -0.05) is 12.1 Å². The number of benzene rings is 2. The third-order valence-electron chi connectivity index (χ3n) is 6.65. The van der Waals surface area contributed by atoms with Crippen molar-refractivity contribution in [3.05, 3.63) is 53.6 Å². The number of methoxy groups -OCH3 is 1. The number of amides is 3. The predicted octanol–water partition coefficient (Wildman–Crippen LogP) is 2.44. The predicted molar refractivity (Wildman–Crippen MR) is 144 cm³/mol. The normalized spacial score (nSPS) is 17.8. The van der Waals surface area contributed by atoms with E-state index in [-0.39, 0.29) is 24.8 Å². The van der Waals surface area contributed by atoms with E-state index in [2.05, 4.69) is 15.5 Å². The molecule has 38 heavy (non-hydrogen) atoms. The fourth-order valence-corrected chi connectivity index (χ4v) is 4.63. The largest absolute Gasteiger partial charge is 0.383 e. The summed E-state index contributed by atoms with van der Waals surface area (Å²) in [7, 11) is 1.54. The minimum atomic E-state index is -1.12. The number of urea groups is 1. The van der Waals surface area contributed by atoms with Crippen molar-refractivity contribution in [2.75, 3.05) is 75.2 Å². The molecular formula is C27H35N5O6. The maximum absolute atomic E-state index is 13.3. The molecule has 2 aliphatic heterocycles. The number of ketones is 1. The maximum Gasteiger partial charge on any atom is 0.323 e. The summed E-state index contributed by atoms with van der Waals surface area (Å²) >= 11 is 0. The van der Waals surface area contributed by atoms with Crippen LogP contribution in [0.15, 0.2) is 42.5 Å². The number of hydrogen-bond donors (Lipinski definition) is 3. The van der Waals surface area contributed by atoms with E-state index in [0.717, 1.165) is 39.3 Å². The summed E-state index contributed by atoms with van der Waals surface area (Å²) in [5, 5.41) is 16.5. The highest BCUT2D eigenvalue weighted by molar-refractivity contribution is 6.05. The van der Waals surface area contributed by atoms with Crippen LogP contribution in [0.1, 0.15) is 34.1 Å². The molecule has 1 atom stereocenters. The minimum absolute atomic E-state index is 0.100. The average molecular weight is 526 g/mol. The van der Waals surface area contributed by atoms with Gasteiger partial charge in [0.2, 0.25) is 6.35 Å². The van der Waals surface area contributed by atoms with Crippen molar-refractivity contribution in [3.8, 4) is 0 Å². The molecular weight excluding hydrogens is 490 g/mol. The maximum atomic E-state index is 13.3. The van der Waals surface area contributed by atoms with Crippen LogP contribution in [-0.2, 0) is 9.47 Å². The molecule has 4 rings (SSSR count). The number of aliphatic hydroxyl groups is 1. The van der Waals surface area contributed by atoms with Crippen LogP contribution in [0.4, 0.5) is 21.9 Å². The number of nitrogens with zero attached hydrogens (tertiary/aromatic N) is 3. The Morgan fingerprint density at radius 2 is 1.76 bits per heavy atom. The monoisotopic (exact) mass is 525 g/mol. The van der Waals surface area contributed by atoms with Gasteiger partial charge in [-0.05, 0) is 43.7 Å². The minimum Gasteiger partial charge on any atom is -0.383 e. The average Bonchev–Trinajstić information content (AvgIpc) is 2.91.